The van der Waals surface area contributed by atoms with Crippen LogP contribution in [-0.2, 0) is 0 Å². The number of nitrogens with one attached hydrogen (secondary N) is 1. The Labute approximate surface area is 148 Å². The molecule has 1 aliphatic carbocycles. The Kier molecular flexibility index (Phi) is 7.69. The Bertz CT molecular complexity index is 494. The second-order valence-electron chi connectivity index (χ2n) is 5.81. The fourth-order valence-corrected chi connectivity index (χ4v) is 3.19. The minimum Gasteiger partial charge on any atom is -0.506 e. The van der Waals surface area contributed by atoms with Gasteiger partial charge in [-0.05, 0) is 24.5 Å². The maximum absolute atomic E-state index is 13.7. The molecule has 0 spiro atoms. The van der Waals surface area contributed by atoms with E-state index in [1.165, 1.54) is 25.0 Å². The summed E-state index contributed by atoms with van der Waals surface area (Å²) in [6.07, 6.45) is 3.46. The van der Waals surface area contributed by atoms with E-state index >= 15 is 0 Å². The van der Waals surface area contributed by atoms with Crippen LogP contribution in [0.1, 0.15) is 30.9 Å². The van der Waals surface area contributed by atoms with Gasteiger partial charge in [0.15, 0.2) is 0 Å². The number of phenolic OH excluding ortho intramolecular Hbond substituents is 1. The molecule has 1 aromatic rings. The molecule has 0 unspecified atom stereocenters. The number of hydrogen-bond acceptors (Lipinski definition) is 3. The Hall–Kier alpha value is -0.260. The molecule has 0 aromatic heterocycles. The number of piperazine rings is 1. The summed E-state index contributed by atoms with van der Waals surface area (Å²) in [7, 11) is 0. The maximum Gasteiger partial charge on any atom is 0.139 e. The second-order valence-corrected chi connectivity index (χ2v) is 6.21. The van der Waals surface area contributed by atoms with Crippen LogP contribution < -0.4 is 5.32 Å². The van der Waals surface area contributed by atoms with E-state index in [0.29, 0.717) is 11.5 Å². The zero-order valence-corrected chi connectivity index (χ0v) is 14.6. The van der Waals surface area contributed by atoms with Crippen molar-refractivity contribution >= 4 is 36.4 Å². The molecule has 2 aliphatic rings. The van der Waals surface area contributed by atoms with E-state index in [4.69, 9.17) is 11.6 Å². The van der Waals surface area contributed by atoms with Crippen LogP contribution in [0.3, 0.4) is 0 Å². The molecular weight excluding hydrogens is 350 g/mol. The summed E-state index contributed by atoms with van der Waals surface area (Å²) in [5.74, 6) is 0.368. The highest BCUT2D eigenvalue weighted by Gasteiger charge is 2.32. The van der Waals surface area contributed by atoms with Crippen molar-refractivity contribution in [3.05, 3.63) is 28.5 Å². The lowest BCUT2D eigenvalue weighted by Gasteiger charge is -2.35. The normalized spacial score (nSPS) is 19.9. The molecule has 0 bridgehead atoms. The van der Waals surface area contributed by atoms with Crippen molar-refractivity contribution in [2.75, 3.05) is 26.2 Å². The van der Waals surface area contributed by atoms with Crippen LogP contribution in [0, 0.1) is 11.7 Å². The summed E-state index contributed by atoms with van der Waals surface area (Å²) in [5, 5.41) is 13.6. The molecule has 1 heterocycles. The van der Waals surface area contributed by atoms with E-state index < -0.39 is 0 Å². The van der Waals surface area contributed by atoms with Crippen LogP contribution in [-0.4, -0.2) is 36.2 Å². The summed E-state index contributed by atoms with van der Waals surface area (Å²) in [5.41, 5.74) is 0.642. The summed E-state index contributed by atoms with van der Waals surface area (Å²) in [6.45, 7) is 3.71. The van der Waals surface area contributed by atoms with Crippen molar-refractivity contribution in [3.8, 4) is 5.75 Å². The first-order chi connectivity index (χ1) is 9.65. The molecule has 3 nitrogen and oxygen atoms in total. The molecule has 2 fully saturated rings. The lowest BCUT2D eigenvalue weighted by Crippen LogP contribution is -2.45. The summed E-state index contributed by atoms with van der Waals surface area (Å²) >= 11 is 5.93. The number of halogens is 4. The van der Waals surface area contributed by atoms with Crippen LogP contribution in [0.15, 0.2) is 12.1 Å². The minimum atomic E-state index is -0.376. The van der Waals surface area contributed by atoms with Gasteiger partial charge < -0.3 is 10.4 Å². The van der Waals surface area contributed by atoms with Gasteiger partial charge in [-0.2, -0.15) is 0 Å². The highest BCUT2D eigenvalue weighted by Crippen LogP contribution is 2.44. The third-order valence-corrected chi connectivity index (χ3v) is 4.55. The van der Waals surface area contributed by atoms with Crippen LogP contribution in [0.25, 0.3) is 0 Å². The molecule has 1 saturated carbocycles. The van der Waals surface area contributed by atoms with Gasteiger partial charge >= 0.3 is 0 Å². The number of aromatic hydroxyl groups is 1. The Morgan fingerprint density at radius 2 is 1.91 bits per heavy atom. The van der Waals surface area contributed by atoms with E-state index in [9.17, 15) is 9.50 Å². The summed E-state index contributed by atoms with van der Waals surface area (Å²) in [6, 6.07) is 2.68. The summed E-state index contributed by atoms with van der Waals surface area (Å²) < 4.78 is 13.7. The second kappa shape index (κ2) is 8.55. The van der Waals surface area contributed by atoms with Gasteiger partial charge in [-0.1, -0.05) is 24.4 Å². The van der Waals surface area contributed by atoms with E-state index in [2.05, 4.69) is 10.2 Å². The smallest absolute Gasteiger partial charge is 0.139 e. The third kappa shape index (κ3) is 4.62. The Morgan fingerprint density at radius 3 is 2.50 bits per heavy atom. The van der Waals surface area contributed by atoms with Gasteiger partial charge in [-0.15, -0.1) is 24.8 Å². The predicted molar refractivity (Wildman–Crippen MR) is 92.1 cm³/mol. The number of phenols is 1. The van der Waals surface area contributed by atoms with Crippen molar-refractivity contribution in [2.24, 2.45) is 5.92 Å². The van der Waals surface area contributed by atoms with Gasteiger partial charge in [0.05, 0.1) is 5.02 Å². The maximum atomic E-state index is 13.7. The quantitative estimate of drug-likeness (QED) is 0.845. The molecule has 1 atom stereocenters. The van der Waals surface area contributed by atoms with Crippen molar-refractivity contribution < 1.29 is 9.50 Å². The van der Waals surface area contributed by atoms with Crippen molar-refractivity contribution in [3.63, 3.8) is 0 Å². The molecule has 2 N–H and O–H groups in total. The molecule has 1 aliphatic heterocycles. The first kappa shape index (κ1) is 19.8. The molecule has 1 aromatic carbocycles. The molecule has 0 radical (unpaired) electrons. The Morgan fingerprint density at radius 1 is 1.27 bits per heavy atom. The van der Waals surface area contributed by atoms with Gasteiger partial charge in [0.2, 0.25) is 0 Å². The van der Waals surface area contributed by atoms with E-state index in [1.807, 2.05) is 0 Å². The van der Waals surface area contributed by atoms with Gasteiger partial charge in [0, 0.05) is 37.8 Å². The van der Waals surface area contributed by atoms with Crippen molar-refractivity contribution in [1.82, 2.24) is 10.2 Å². The third-order valence-electron chi connectivity index (χ3n) is 4.26. The van der Waals surface area contributed by atoms with Gasteiger partial charge in [-0.25, -0.2) is 4.39 Å². The molecule has 22 heavy (non-hydrogen) atoms. The average molecular weight is 372 g/mol. The first-order valence-electron chi connectivity index (χ1n) is 7.28. The SMILES string of the molecule is Cl.Cl.Oc1c(Cl)cc(F)cc1[C@@H](CC1CC1)N1CCNCC1. The minimum absolute atomic E-state index is 0. The first-order valence-corrected chi connectivity index (χ1v) is 7.65. The number of hydrogen-bond donors (Lipinski definition) is 2. The van der Waals surface area contributed by atoms with Gasteiger partial charge in [-0.3, -0.25) is 4.90 Å². The van der Waals surface area contributed by atoms with E-state index in [1.54, 1.807) is 0 Å². The van der Waals surface area contributed by atoms with Crippen molar-refractivity contribution in [2.45, 2.75) is 25.3 Å². The lowest BCUT2D eigenvalue weighted by molar-refractivity contribution is 0.158. The Balaban J connectivity index is 0.00000121. The highest BCUT2D eigenvalue weighted by molar-refractivity contribution is 6.32. The predicted octanol–water partition coefficient (Wildman–Crippen LogP) is 3.77. The number of rotatable bonds is 4. The lowest BCUT2D eigenvalue weighted by atomic mass is 9.97. The molecule has 7 heteroatoms. The van der Waals surface area contributed by atoms with E-state index in [-0.39, 0.29) is 47.4 Å². The van der Waals surface area contributed by atoms with E-state index in [0.717, 1.165) is 32.6 Å². The van der Waals surface area contributed by atoms with Crippen LogP contribution in [0.4, 0.5) is 4.39 Å². The fourth-order valence-electron chi connectivity index (χ4n) is 2.98. The van der Waals surface area contributed by atoms with Crippen molar-refractivity contribution in [1.29, 1.82) is 0 Å². The van der Waals surface area contributed by atoms with Crippen LogP contribution in [0.2, 0.25) is 5.02 Å². The molecular formula is C15H22Cl3FN2O. The van der Waals surface area contributed by atoms with Crippen LogP contribution >= 0.6 is 36.4 Å². The fraction of sp³-hybridized carbons (Fsp3) is 0.600. The zero-order valence-electron chi connectivity index (χ0n) is 12.2. The summed E-state index contributed by atoms with van der Waals surface area (Å²) in [4.78, 5) is 2.33. The molecule has 1 saturated heterocycles. The molecule has 3 rings (SSSR count). The largest absolute Gasteiger partial charge is 0.506 e. The number of benzene rings is 1. The van der Waals surface area contributed by atoms with Gasteiger partial charge in [0.25, 0.3) is 0 Å². The monoisotopic (exact) mass is 370 g/mol. The average Bonchev–Trinajstić information content (AvgIpc) is 3.25. The zero-order chi connectivity index (χ0) is 14.1. The molecule has 0 amide bonds. The topological polar surface area (TPSA) is 35.5 Å². The number of nitrogens with zero attached hydrogens (tertiary/aromatic N) is 1. The highest BCUT2D eigenvalue weighted by atomic mass is 35.5. The van der Waals surface area contributed by atoms with Crippen LogP contribution in [0.5, 0.6) is 5.75 Å². The molecule has 126 valence electrons. The van der Waals surface area contributed by atoms with Gasteiger partial charge in [0.1, 0.15) is 11.6 Å². The standard InChI is InChI=1S/C15H20ClFN2O.2ClH/c16-13-9-11(17)8-12(15(13)20)14(7-10-1-2-10)19-5-3-18-4-6-19;;/h8-10,14,18,20H,1-7H2;2*1H/t14-;;/m1../s1.